The average Bonchev–Trinajstić information content (AvgIpc) is 2.82. The molecule has 92 valence electrons. The van der Waals surface area contributed by atoms with Gasteiger partial charge in [0.25, 0.3) is 0 Å². The highest BCUT2D eigenvalue weighted by atomic mass is 35.5. The van der Waals surface area contributed by atoms with Gasteiger partial charge in [0.1, 0.15) is 11.2 Å². The average molecular weight is 250 g/mol. The summed E-state index contributed by atoms with van der Waals surface area (Å²) in [5, 5.41) is 11.3. The van der Waals surface area contributed by atoms with Gasteiger partial charge in [-0.15, -0.1) is 12.4 Å². The van der Waals surface area contributed by atoms with Gasteiger partial charge in [0.05, 0.1) is 12.1 Å². The van der Waals surface area contributed by atoms with Gasteiger partial charge >= 0.3 is 0 Å². The number of amides is 1. The smallest absolute Gasteiger partial charge is 0.238 e. The molecular weight excluding hydrogens is 233 g/mol. The summed E-state index contributed by atoms with van der Waals surface area (Å²) < 4.78 is 13.2. The van der Waals surface area contributed by atoms with Crippen LogP contribution in [0, 0.1) is 11.3 Å². The predicted octanol–water partition coefficient (Wildman–Crippen LogP) is 1.05. The summed E-state index contributed by atoms with van der Waals surface area (Å²) >= 11 is 0. The number of rotatable bonds is 4. The Morgan fingerprint density at radius 3 is 2.50 bits per heavy atom. The van der Waals surface area contributed by atoms with Crippen LogP contribution >= 0.6 is 12.4 Å². The molecule has 1 fully saturated rings. The number of nitrogens with one attached hydrogen (secondary N) is 1. The normalized spacial score (nSPS) is 18.9. The van der Waals surface area contributed by atoms with Gasteiger partial charge in [0.15, 0.2) is 0 Å². The fourth-order valence-corrected chi connectivity index (χ4v) is 1.33. The molecule has 3 N–H and O–H groups in total. The van der Waals surface area contributed by atoms with Crippen molar-refractivity contribution in [1.29, 1.82) is 5.26 Å². The van der Waals surface area contributed by atoms with E-state index < -0.39 is 23.2 Å². The van der Waals surface area contributed by atoms with Crippen LogP contribution in [0.15, 0.2) is 0 Å². The van der Waals surface area contributed by atoms with Gasteiger partial charge < -0.3 is 11.1 Å². The lowest BCUT2D eigenvalue weighted by Crippen LogP contribution is -2.48. The van der Waals surface area contributed by atoms with Crippen LogP contribution in [0.1, 0.15) is 33.1 Å². The summed E-state index contributed by atoms with van der Waals surface area (Å²) in [5.74, 6) is -0.445. The Morgan fingerprint density at radius 1 is 1.69 bits per heavy atom. The van der Waals surface area contributed by atoms with E-state index in [1.54, 1.807) is 0 Å². The molecule has 0 spiro atoms. The van der Waals surface area contributed by atoms with E-state index in [-0.39, 0.29) is 18.8 Å². The van der Waals surface area contributed by atoms with E-state index >= 15 is 0 Å². The van der Waals surface area contributed by atoms with Crippen LogP contribution < -0.4 is 11.1 Å². The summed E-state index contributed by atoms with van der Waals surface area (Å²) in [6.07, 6.45) is 1.27. The van der Waals surface area contributed by atoms with Gasteiger partial charge in [0.2, 0.25) is 5.91 Å². The van der Waals surface area contributed by atoms with Crippen LogP contribution in [-0.4, -0.2) is 23.2 Å². The zero-order valence-corrected chi connectivity index (χ0v) is 10.2. The lowest BCUT2D eigenvalue weighted by Gasteiger charge is -2.20. The van der Waals surface area contributed by atoms with Crippen molar-refractivity contribution in [3.8, 4) is 6.07 Å². The molecule has 0 heterocycles. The number of carbonyl (C=O) groups is 1. The highest BCUT2D eigenvalue weighted by Crippen LogP contribution is 2.34. The summed E-state index contributed by atoms with van der Waals surface area (Å²) in [7, 11) is 0. The van der Waals surface area contributed by atoms with E-state index in [4.69, 9.17) is 11.0 Å². The van der Waals surface area contributed by atoms with Gasteiger partial charge in [0, 0.05) is 6.42 Å². The SMILES string of the molecule is CC(C)(F)CC(N)C(=O)NC1(C#N)CC1.Cl. The minimum absolute atomic E-state index is 0. The predicted molar refractivity (Wildman–Crippen MR) is 60.7 cm³/mol. The van der Waals surface area contributed by atoms with Gasteiger partial charge in [-0.25, -0.2) is 4.39 Å². The zero-order chi connectivity index (χ0) is 11.7. The van der Waals surface area contributed by atoms with Crippen molar-refractivity contribution in [2.45, 2.75) is 50.4 Å². The van der Waals surface area contributed by atoms with E-state index in [0.717, 1.165) is 0 Å². The number of carbonyl (C=O) groups excluding carboxylic acids is 1. The van der Waals surface area contributed by atoms with Gasteiger partial charge in [-0.1, -0.05) is 0 Å². The Morgan fingerprint density at radius 2 is 2.19 bits per heavy atom. The van der Waals surface area contributed by atoms with E-state index in [1.807, 2.05) is 6.07 Å². The highest BCUT2D eigenvalue weighted by Gasteiger charge is 2.45. The molecule has 1 aliphatic rings. The van der Waals surface area contributed by atoms with Crippen LogP contribution in [0.2, 0.25) is 0 Å². The second-order valence-corrected chi connectivity index (χ2v) is 4.71. The van der Waals surface area contributed by atoms with E-state index in [1.165, 1.54) is 13.8 Å². The molecule has 1 aliphatic carbocycles. The number of alkyl halides is 1. The second kappa shape index (κ2) is 4.98. The molecule has 0 aromatic heterocycles. The molecule has 1 rings (SSSR count). The maximum Gasteiger partial charge on any atom is 0.238 e. The summed E-state index contributed by atoms with van der Waals surface area (Å²) in [4.78, 5) is 11.5. The first kappa shape index (κ1) is 15.1. The molecule has 4 nitrogen and oxygen atoms in total. The second-order valence-electron chi connectivity index (χ2n) is 4.71. The number of nitriles is 1. The molecule has 6 heteroatoms. The van der Waals surface area contributed by atoms with E-state index in [2.05, 4.69) is 5.32 Å². The minimum Gasteiger partial charge on any atom is -0.336 e. The maximum atomic E-state index is 13.2. The van der Waals surface area contributed by atoms with Crippen LogP contribution in [0.4, 0.5) is 4.39 Å². The summed E-state index contributed by atoms with van der Waals surface area (Å²) in [6, 6.07) is 1.13. The van der Waals surface area contributed by atoms with Crippen molar-refractivity contribution in [3.05, 3.63) is 0 Å². The lowest BCUT2D eigenvalue weighted by atomic mass is 10.0. The van der Waals surface area contributed by atoms with Crippen LogP contribution in [0.25, 0.3) is 0 Å². The molecule has 1 unspecified atom stereocenters. The van der Waals surface area contributed by atoms with Gasteiger partial charge in [-0.2, -0.15) is 5.26 Å². The van der Waals surface area contributed by atoms with Gasteiger partial charge in [-0.3, -0.25) is 4.79 Å². The number of hydrogen-bond acceptors (Lipinski definition) is 3. The monoisotopic (exact) mass is 249 g/mol. The van der Waals surface area contributed by atoms with Crippen molar-refractivity contribution in [2.24, 2.45) is 5.73 Å². The number of nitrogens with zero attached hydrogens (tertiary/aromatic N) is 1. The van der Waals surface area contributed by atoms with Crippen LogP contribution in [-0.2, 0) is 4.79 Å². The highest BCUT2D eigenvalue weighted by molar-refractivity contribution is 5.85. The summed E-state index contributed by atoms with van der Waals surface area (Å²) in [6.45, 7) is 2.74. The standard InChI is InChI=1S/C10H16FN3O.ClH/c1-9(2,11)5-7(13)8(15)14-10(6-12)3-4-10;/h7H,3-5,13H2,1-2H3,(H,14,15);1H. The molecule has 16 heavy (non-hydrogen) atoms. The molecule has 0 radical (unpaired) electrons. The van der Waals surface area contributed by atoms with Crippen LogP contribution in [0.3, 0.4) is 0 Å². The number of hydrogen-bond donors (Lipinski definition) is 2. The summed E-state index contributed by atoms with van der Waals surface area (Å²) in [5.41, 5.74) is 3.33. The van der Waals surface area contributed by atoms with Crippen molar-refractivity contribution < 1.29 is 9.18 Å². The molecule has 1 amide bonds. The third kappa shape index (κ3) is 4.33. The number of halogens is 2. The first-order valence-corrected chi connectivity index (χ1v) is 4.96. The Kier molecular flexibility index (Phi) is 4.71. The fraction of sp³-hybridized carbons (Fsp3) is 0.800. The zero-order valence-electron chi connectivity index (χ0n) is 9.42. The van der Waals surface area contributed by atoms with Crippen molar-refractivity contribution in [3.63, 3.8) is 0 Å². The minimum atomic E-state index is -1.47. The quantitative estimate of drug-likeness (QED) is 0.782. The van der Waals surface area contributed by atoms with Crippen molar-refractivity contribution in [2.75, 3.05) is 0 Å². The fourth-order valence-electron chi connectivity index (χ4n) is 1.33. The van der Waals surface area contributed by atoms with Crippen molar-refractivity contribution >= 4 is 18.3 Å². The first-order valence-electron chi connectivity index (χ1n) is 4.96. The molecule has 1 saturated carbocycles. The Balaban J connectivity index is 0.00000225. The van der Waals surface area contributed by atoms with Crippen molar-refractivity contribution in [1.82, 2.24) is 5.32 Å². The lowest BCUT2D eigenvalue weighted by molar-refractivity contribution is -0.123. The molecule has 0 bridgehead atoms. The Hall–Kier alpha value is -0.860. The topological polar surface area (TPSA) is 78.9 Å². The molecule has 1 atom stereocenters. The maximum absolute atomic E-state index is 13.2. The largest absolute Gasteiger partial charge is 0.336 e. The molecular formula is C10H17ClFN3O. The Bertz CT molecular complexity index is 304. The van der Waals surface area contributed by atoms with E-state index in [0.29, 0.717) is 12.8 Å². The molecule has 0 aliphatic heterocycles. The van der Waals surface area contributed by atoms with Gasteiger partial charge in [-0.05, 0) is 26.7 Å². The van der Waals surface area contributed by atoms with Crippen LogP contribution in [0.5, 0.6) is 0 Å². The Labute approximate surface area is 101 Å². The first-order chi connectivity index (χ1) is 6.78. The third-order valence-electron chi connectivity index (χ3n) is 2.37. The van der Waals surface area contributed by atoms with E-state index in [9.17, 15) is 9.18 Å². The molecule has 0 aromatic carbocycles. The third-order valence-corrected chi connectivity index (χ3v) is 2.37. The molecule has 0 aromatic rings. The molecule has 0 saturated heterocycles. The number of nitrogens with two attached hydrogens (primary N) is 1.